The lowest BCUT2D eigenvalue weighted by molar-refractivity contribution is 0.102. The highest BCUT2D eigenvalue weighted by Crippen LogP contribution is 2.27. The number of hydrogen-bond acceptors (Lipinski definition) is 7. The van der Waals surface area contributed by atoms with Gasteiger partial charge in [-0.05, 0) is 43.9 Å². The fraction of sp³-hybridized carbons (Fsp3) is 0.500. The molecule has 0 spiro atoms. The minimum Gasteiger partial charge on any atom is -0.296 e. The predicted octanol–water partition coefficient (Wildman–Crippen LogP) is 3.78. The van der Waals surface area contributed by atoms with E-state index in [1.54, 1.807) is 30.8 Å². The average molecular weight is 441 g/mol. The van der Waals surface area contributed by atoms with Gasteiger partial charge in [-0.3, -0.25) is 10.1 Å². The Bertz CT molecular complexity index is 937. The van der Waals surface area contributed by atoms with Crippen LogP contribution in [0.15, 0.2) is 27.4 Å². The standard InChI is InChI=1S/C18H24N4O3S3/c1-3-11-26-18-21-20-17(27-18)19-16(23)14-8-7-13(2)15(12-14)28(24,25)22-9-5-4-6-10-22/h7-8,12H,3-6,9-11H2,1-2H3,(H,19,20,23). The first-order valence-corrected chi connectivity index (χ1v) is 12.5. The summed E-state index contributed by atoms with van der Waals surface area (Å²) in [4.78, 5) is 12.8. The summed E-state index contributed by atoms with van der Waals surface area (Å²) in [6, 6.07) is 4.77. The summed E-state index contributed by atoms with van der Waals surface area (Å²) < 4.78 is 28.3. The van der Waals surface area contributed by atoms with Crippen LogP contribution in [0, 0.1) is 6.92 Å². The molecule has 1 aliphatic rings. The van der Waals surface area contributed by atoms with Crippen molar-refractivity contribution in [2.75, 3.05) is 24.2 Å². The molecule has 1 fully saturated rings. The number of benzene rings is 1. The number of amides is 1. The van der Waals surface area contributed by atoms with Gasteiger partial charge in [-0.2, -0.15) is 4.31 Å². The quantitative estimate of drug-likeness (QED) is 0.520. The van der Waals surface area contributed by atoms with Gasteiger partial charge in [0, 0.05) is 24.4 Å². The van der Waals surface area contributed by atoms with E-state index in [1.165, 1.54) is 21.7 Å². The van der Waals surface area contributed by atoms with Crippen molar-refractivity contribution in [1.82, 2.24) is 14.5 Å². The van der Waals surface area contributed by atoms with Gasteiger partial charge in [0.25, 0.3) is 5.91 Å². The number of piperidine rings is 1. The molecule has 2 aromatic rings. The number of carbonyl (C=O) groups is 1. The van der Waals surface area contributed by atoms with Crippen LogP contribution in [-0.2, 0) is 10.0 Å². The number of hydrogen-bond donors (Lipinski definition) is 1. The molecule has 1 N–H and O–H groups in total. The van der Waals surface area contributed by atoms with Crippen LogP contribution in [0.2, 0.25) is 0 Å². The minimum atomic E-state index is -3.60. The second kappa shape index (κ2) is 9.34. The van der Waals surface area contributed by atoms with Crippen LogP contribution in [-0.4, -0.2) is 47.7 Å². The molecule has 10 heteroatoms. The molecule has 28 heavy (non-hydrogen) atoms. The lowest BCUT2D eigenvalue weighted by Crippen LogP contribution is -2.36. The van der Waals surface area contributed by atoms with Crippen LogP contribution in [0.1, 0.15) is 48.5 Å². The Morgan fingerprint density at radius 2 is 2.00 bits per heavy atom. The van der Waals surface area contributed by atoms with E-state index in [9.17, 15) is 13.2 Å². The minimum absolute atomic E-state index is 0.193. The number of rotatable bonds is 7. The summed E-state index contributed by atoms with van der Waals surface area (Å²) in [5, 5.41) is 11.2. The normalized spacial score (nSPS) is 15.5. The first-order valence-electron chi connectivity index (χ1n) is 9.30. The lowest BCUT2D eigenvalue weighted by Gasteiger charge is -2.26. The Labute approximate surface area is 174 Å². The molecule has 0 atom stereocenters. The number of aryl methyl sites for hydroxylation is 1. The fourth-order valence-electron chi connectivity index (χ4n) is 2.94. The summed E-state index contributed by atoms with van der Waals surface area (Å²) in [6.45, 7) is 4.90. The number of nitrogens with one attached hydrogen (secondary N) is 1. The zero-order valence-electron chi connectivity index (χ0n) is 16.0. The monoisotopic (exact) mass is 440 g/mol. The van der Waals surface area contributed by atoms with Gasteiger partial charge in [0.05, 0.1) is 4.90 Å². The Kier molecular flexibility index (Phi) is 7.08. The highest BCUT2D eigenvalue weighted by Gasteiger charge is 2.28. The highest BCUT2D eigenvalue weighted by molar-refractivity contribution is 8.01. The van der Waals surface area contributed by atoms with Gasteiger partial charge in [-0.1, -0.05) is 42.5 Å². The summed E-state index contributed by atoms with van der Waals surface area (Å²) in [5.41, 5.74) is 0.926. The molecule has 0 bridgehead atoms. The van der Waals surface area contributed by atoms with E-state index in [1.807, 2.05) is 0 Å². The third-order valence-electron chi connectivity index (χ3n) is 4.44. The lowest BCUT2D eigenvalue weighted by atomic mass is 10.1. The molecule has 0 aliphatic carbocycles. The zero-order valence-corrected chi connectivity index (χ0v) is 18.4. The van der Waals surface area contributed by atoms with Crippen molar-refractivity contribution in [1.29, 1.82) is 0 Å². The Hall–Kier alpha value is -1.49. The average Bonchev–Trinajstić information content (AvgIpc) is 3.14. The number of sulfonamides is 1. The van der Waals surface area contributed by atoms with Crippen LogP contribution in [0.4, 0.5) is 5.13 Å². The fourth-order valence-corrected chi connectivity index (χ4v) is 6.38. The molecule has 1 amide bonds. The molecule has 1 aromatic heterocycles. The van der Waals surface area contributed by atoms with Crippen LogP contribution in [0.5, 0.6) is 0 Å². The molecule has 152 valence electrons. The van der Waals surface area contributed by atoms with Crippen molar-refractivity contribution >= 4 is 44.2 Å². The maximum Gasteiger partial charge on any atom is 0.257 e. The van der Waals surface area contributed by atoms with Crippen LogP contribution in [0.3, 0.4) is 0 Å². The molecule has 0 saturated carbocycles. The van der Waals surface area contributed by atoms with Crippen LogP contribution < -0.4 is 5.32 Å². The summed E-state index contributed by atoms with van der Waals surface area (Å²) in [7, 11) is -3.60. The van der Waals surface area contributed by atoms with E-state index >= 15 is 0 Å². The first-order chi connectivity index (χ1) is 13.4. The maximum atomic E-state index is 13.0. The van der Waals surface area contributed by atoms with E-state index in [4.69, 9.17) is 0 Å². The highest BCUT2D eigenvalue weighted by atomic mass is 32.2. The Morgan fingerprint density at radius 1 is 1.25 bits per heavy atom. The molecule has 0 radical (unpaired) electrons. The molecule has 1 aliphatic heterocycles. The van der Waals surface area contributed by atoms with E-state index in [-0.39, 0.29) is 4.90 Å². The first kappa shape index (κ1) is 21.2. The smallest absolute Gasteiger partial charge is 0.257 e. The predicted molar refractivity (Wildman–Crippen MR) is 113 cm³/mol. The molecule has 0 unspecified atom stereocenters. The molecular weight excluding hydrogens is 416 g/mol. The second-order valence-corrected chi connectivity index (χ2v) is 10.8. The van der Waals surface area contributed by atoms with Crippen LogP contribution >= 0.6 is 23.1 Å². The van der Waals surface area contributed by atoms with Crippen molar-refractivity contribution in [2.24, 2.45) is 0 Å². The Balaban J connectivity index is 1.78. The topological polar surface area (TPSA) is 92.3 Å². The second-order valence-electron chi connectivity index (χ2n) is 6.62. The van der Waals surface area contributed by atoms with Gasteiger partial charge in [0.2, 0.25) is 15.2 Å². The molecular formula is C18H24N4O3S3. The van der Waals surface area contributed by atoms with Crippen molar-refractivity contribution < 1.29 is 13.2 Å². The van der Waals surface area contributed by atoms with Gasteiger partial charge in [0.15, 0.2) is 4.34 Å². The number of anilines is 1. The molecule has 1 saturated heterocycles. The van der Waals surface area contributed by atoms with Crippen molar-refractivity contribution in [3.63, 3.8) is 0 Å². The third-order valence-corrected chi connectivity index (χ3v) is 8.66. The van der Waals surface area contributed by atoms with Gasteiger partial charge in [-0.25, -0.2) is 8.42 Å². The molecule has 7 nitrogen and oxygen atoms in total. The van der Waals surface area contributed by atoms with E-state index in [0.717, 1.165) is 35.8 Å². The summed E-state index contributed by atoms with van der Waals surface area (Å²) >= 11 is 2.91. The van der Waals surface area contributed by atoms with E-state index in [0.29, 0.717) is 29.3 Å². The van der Waals surface area contributed by atoms with Crippen molar-refractivity contribution in [3.05, 3.63) is 29.3 Å². The van der Waals surface area contributed by atoms with E-state index in [2.05, 4.69) is 22.4 Å². The maximum absolute atomic E-state index is 13.0. The number of carbonyl (C=O) groups excluding carboxylic acids is 1. The summed E-state index contributed by atoms with van der Waals surface area (Å²) in [5.74, 6) is 0.552. The largest absolute Gasteiger partial charge is 0.296 e. The summed E-state index contributed by atoms with van der Waals surface area (Å²) in [6.07, 6.45) is 3.82. The van der Waals surface area contributed by atoms with Gasteiger partial charge in [-0.15, -0.1) is 10.2 Å². The van der Waals surface area contributed by atoms with Crippen molar-refractivity contribution in [2.45, 2.75) is 48.8 Å². The van der Waals surface area contributed by atoms with Crippen LogP contribution in [0.25, 0.3) is 0 Å². The van der Waals surface area contributed by atoms with Crippen molar-refractivity contribution in [3.8, 4) is 0 Å². The van der Waals surface area contributed by atoms with Gasteiger partial charge < -0.3 is 0 Å². The number of aromatic nitrogens is 2. The zero-order chi connectivity index (χ0) is 20.1. The SMILES string of the molecule is CCCSc1nnc(NC(=O)c2ccc(C)c(S(=O)(=O)N3CCCCC3)c2)s1. The Morgan fingerprint density at radius 3 is 2.71 bits per heavy atom. The third kappa shape index (κ3) is 4.91. The molecule has 3 rings (SSSR count). The van der Waals surface area contributed by atoms with E-state index < -0.39 is 15.9 Å². The number of nitrogens with zero attached hydrogens (tertiary/aromatic N) is 3. The van der Waals surface area contributed by atoms with Gasteiger partial charge in [0.1, 0.15) is 0 Å². The number of thioether (sulfide) groups is 1. The molecule has 2 heterocycles. The molecule has 1 aromatic carbocycles. The van der Waals surface area contributed by atoms with Gasteiger partial charge >= 0.3 is 0 Å².